The third kappa shape index (κ3) is 4.28. The minimum Gasteiger partial charge on any atom is -0.371 e. The maximum Gasteiger partial charge on any atom is 0.411 e. The van der Waals surface area contributed by atoms with Crippen LogP contribution in [0.15, 0.2) is 0 Å². The second kappa shape index (κ2) is 4.49. The molecule has 0 aromatic carbocycles. The average molecular weight is 211 g/mol. The number of nitrogens with one attached hydrogen (secondary N) is 1. The molecule has 0 aromatic heterocycles. The summed E-state index contributed by atoms with van der Waals surface area (Å²) in [5.41, 5.74) is -0.135. The Labute approximate surface area is 81.8 Å². The van der Waals surface area contributed by atoms with E-state index in [-0.39, 0.29) is 12.0 Å². The second-order valence-electron chi connectivity index (χ2n) is 4.20. The predicted octanol–water partition coefficient (Wildman–Crippen LogP) is 1.95. The highest BCUT2D eigenvalue weighted by molar-refractivity contribution is 4.81. The molecular weight excluding hydrogens is 195 g/mol. The van der Waals surface area contributed by atoms with Crippen LogP contribution >= 0.6 is 0 Å². The lowest BCUT2D eigenvalue weighted by molar-refractivity contribution is -0.180. The third-order valence-electron chi connectivity index (χ3n) is 2.40. The lowest BCUT2D eigenvalue weighted by Gasteiger charge is -2.33. The van der Waals surface area contributed by atoms with Crippen LogP contribution in [-0.2, 0) is 4.74 Å². The van der Waals surface area contributed by atoms with Gasteiger partial charge in [0.05, 0.1) is 6.61 Å². The van der Waals surface area contributed by atoms with Gasteiger partial charge in [-0.05, 0) is 19.4 Å². The predicted molar refractivity (Wildman–Crippen MR) is 47.1 cm³/mol. The molecule has 0 aliphatic carbocycles. The topological polar surface area (TPSA) is 21.3 Å². The van der Waals surface area contributed by atoms with Gasteiger partial charge in [0.15, 0.2) is 0 Å². The number of hydrogen-bond donors (Lipinski definition) is 1. The highest BCUT2D eigenvalue weighted by Crippen LogP contribution is 2.26. The number of halogens is 3. The van der Waals surface area contributed by atoms with E-state index in [1.165, 1.54) is 0 Å². The van der Waals surface area contributed by atoms with Crippen LogP contribution in [0.2, 0.25) is 0 Å². The number of ether oxygens (including phenoxy) is 1. The van der Waals surface area contributed by atoms with E-state index in [1.54, 1.807) is 0 Å². The Balaban J connectivity index is 2.22. The van der Waals surface area contributed by atoms with Crippen molar-refractivity contribution in [3.05, 3.63) is 0 Å². The zero-order chi connectivity index (χ0) is 10.7. The van der Waals surface area contributed by atoms with E-state index in [4.69, 9.17) is 0 Å². The van der Waals surface area contributed by atoms with Gasteiger partial charge in [0.1, 0.15) is 6.61 Å². The molecule has 1 fully saturated rings. The van der Waals surface area contributed by atoms with Gasteiger partial charge < -0.3 is 10.1 Å². The molecule has 0 radical (unpaired) electrons. The first-order valence-corrected chi connectivity index (χ1v) is 4.77. The van der Waals surface area contributed by atoms with Gasteiger partial charge in [-0.15, -0.1) is 0 Å². The molecule has 1 aliphatic rings. The van der Waals surface area contributed by atoms with Crippen molar-refractivity contribution in [2.24, 2.45) is 5.41 Å². The van der Waals surface area contributed by atoms with Gasteiger partial charge in [-0.1, -0.05) is 6.92 Å². The molecule has 2 nitrogen and oxygen atoms in total. The monoisotopic (exact) mass is 211 g/mol. The zero-order valence-electron chi connectivity index (χ0n) is 8.28. The first kappa shape index (κ1) is 11.8. The Kier molecular flexibility index (Phi) is 3.78. The molecule has 0 bridgehead atoms. The van der Waals surface area contributed by atoms with Crippen molar-refractivity contribution in [3.8, 4) is 0 Å². The molecule has 1 aliphatic heterocycles. The summed E-state index contributed by atoms with van der Waals surface area (Å²) in [6.45, 7) is 2.69. The fourth-order valence-corrected chi connectivity index (χ4v) is 1.66. The van der Waals surface area contributed by atoms with E-state index in [2.05, 4.69) is 10.1 Å². The highest BCUT2D eigenvalue weighted by atomic mass is 19.4. The molecule has 0 aromatic rings. The summed E-state index contributed by atoms with van der Waals surface area (Å²) in [6, 6.07) is 0. The standard InChI is InChI=1S/C9H16F3NO/c1-8(3-2-4-13-5-8)6-14-7-9(10,11)12/h13H,2-7H2,1H3. The van der Waals surface area contributed by atoms with Crippen LogP contribution in [0.3, 0.4) is 0 Å². The summed E-state index contributed by atoms with van der Waals surface area (Å²) in [7, 11) is 0. The van der Waals surface area contributed by atoms with Crippen molar-refractivity contribution >= 4 is 0 Å². The molecule has 1 unspecified atom stereocenters. The first-order valence-electron chi connectivity index (χ1n) is 4.77. The number of hydrogen-bond acceptors (Lipinski definition) is 2. The summed E-state index contributed by atoms with van der Waals surface area (Å²) in [5.74, 6) is 0. The van der Waals surface area contributed by atoms with E-state index in [0.717, 1.165) is 25.9 Å². The minimum atomic E-state index is -4.21. The quantitative estimate of drug-likeness (QED) is 0.770. The summed E-state index contributed by atoms with van der Waals surface area (Å²) in [6.07, 6.45) is -2.28. The third-order valence-corrected chi connectivity index (χ3v) is 2.40. The average Bonchev–Trinajstić information content (AvgIpc) is 2.02. The lowest BCUT2D eigenvalue weighted by Crippen LogP contribution is -2.41. The smallest absolute Gasteiger partial charge is 0.371 e. The van der Waals surface area contributed by atoms with Crippen molar-refractivity contribution < 1.29 is 17.9 Å². The molecule has 1 heterocycles. The molecule has 0 amide bonds. The Morgan fingerprint density at radius 1 is 1.43 bits per heavy atom. The maximum absolute atomic E-state index is 11.8. The molecule has 0 saturated carbocycles. The Morgan fingerprint density at radius 2 is 2.14 bits per heavy atom. The Bertz CT molecular complexity index is 175. The number of rotatable bonds is 3. The Morgan fingerprint density at radius 3 is 2.64 bits per heavy atom. The van der Waals surface area contributed by atoms with Gasteiger partial charge in [0, 0.05) is 12.0 Å². The minimum absolute atomic E-state index is 0.135. The van der Waals surface area contributed by atoms with Crippen molar-refractivity contribution in [2.45, 2.75) is 25.9 Å². The van der Waals surface area contributed by atoms with Gasteiger partial charge in [-0.25, -0.2) is 0 Å². The zero-order valence-corrected chi connectivity index (χ0v) is 8.28. The molecule has 0 spiro atoms. The van der Waals surface area contributed by atoms with E-state index in [9.17, 15) is 13.2 Å². The van der Waals surface area contributed by atoms with Crippen molar-refractivity contribution in [2.75, 3.05) is 26.3 Å². The van der Waals surface area contributed by atoms with E-state index in [1.807, 2.05) is 6.92 Å². The van der Waals surface area contributed by atoms with E-state index >= 15 is 0 Å². The van der Waals surface area contributed by atoms with Gasteiger partial charge >= 0.3 is 6.18 Å². The SMILES string of the molecule is CC1(COCC(F)(F)F)CCCNC1. The molecule has 5 heteroatoms. The molecular formula is C9H16F3NO. The van der Waals surface area contributed by atoms with Crippen LogP contribution < -0.4 is 5.32 Å². The van der Waals surface area contributed by atoms with Crippen LogP contribution in [0.5, 0.6) is 0 Å². The van der Waals surface area contributed by atoms with Crippen molar-refractivity contribution in [1.29, 1.82) is 0 Å². The molecule has 1 N–H and O–H groups in total. The largest absolute Gasteiger partial charge is 0.411 e. The molecule has 1 atom stereocenters. The van der Waals surface area contributed by atoms with Crippen molar-refractivity contribution in [3.63, 3.8) is 0 Å². The molecule has 1 saturated heterocycles. The first-order chi connectivity index (χ1) is 6.41. The lowest BCUT2D eigenvalue weighted by atomic mass is 9.84. The molecule has 1 rings (SSSR count). The van der Waals surface area contributed by atoms with Crippen molar-refractivity contribution in [1.82, 2.24) is 5.32 Å². The molecule has 14 heavy (non-hydrogen) atoms. The van der Waals surface area contributed by atoms with Crippen LogP contribution in [0.25, 0.3) is 0 Å². The van der Waals surface area contributed by atoms with Crippen LogP contribution in [0.1, 0.15) is 19.8 Å². The van der Waals surface area contributed by atoms with Gasteiger partial charge in [-0.3, -0.25) is 0 Å². The van der Waals surface area contributed by atoms with E-state index < -0.39 is 12.8 Å². The normalized spacial score (nSPS) is 29.1. The Hall–Kier alpha value is -0.290. The van der Waals surface area contributed by atoms with Gasteiger partial charge in [0.2, 0.25) is 0 Å². The second-order valence-corrected chi connectivity index (χ2v) is 4.20. The van der Waals surface area contributed by atoms with E-state index in [0.29, 0.717) is 0 Å². The molecule has 84 valence electrons. The fraction of sp³-hybridized carbons (Fsp3) is 1.00. The van der Waals surface area contributed by atoms with Crippen LogP contribution in [0, 0.1) is 5.41 Å². The maximum atomic E-state index is 11.8. The summed E-state index contributed by atoms with van der Waals surface area (Å²) in [5, 5.41) is 3.16. The highest BCUT2D eigenvalue weighted by Gasteiger charge is 2.31. The van der Waals surface area contributed by atoms with Crippen LogP contribution in [-0.4, -0.2) is 32.5 Å². The van der Waals surface area contributed by atoms with Gasteiger partial charge in [0.25, 0.3) is 0 Å². The number of piperidine rings is 1. The summed E-state index contributed by atoms with van der Waals surface area (Å²) < 4.78 is 40.1. The summed E-state index contributed by atoms with van der Waals surface area (Å²) >= 11 is 0. The number of alkyl halides is 3. The van der Waals surface area contributed by atoms with Crippen LogP contribution in [0.4, 0.5) is 13.2 Å². The van der Waals surface area contributed by atoms with Gasteiger partial charge in [-0.2, -0.15) is 13.2 Å². The fourth-order valence-electron chi connectivity index (χ4n) is 1.66. The summed E-state index contributed by atoms with van der Waals surface area (Å²) in [4.78, 5) is 0.